The van der Waals surface area contributed by atoms with E-state index in [1.807, 2.05) is 93.9 Å². The highest BCUT2D eigenvalue weighted by Gasteiger charge is 2.23. The van der Waals surface area contributed by atoms with Gasteiger partial charge in [0.25, 0.3) is 0 Å². The fourth-order valence-corrected chi connectivity index (χ4v) is 3.74. The minimum absolute atomic E-state index is 0.266. The van der Waals surface area contributed by atoms with E-state index in [9.17, 15) is 5.11 Å². The summed E-state index contributed by atoms with van der Waals surface area (Å²) in [4.78, 5) is 2.16. The standard InChI is InChI=1S/C28H39N3O4/c1-21-11-10-14-25(17-21)35-27-26(22(2)29-31(27)23-12-8-7-9-13-23)19-30(15-16-33-6)18-24(32)20-34-28(3,4)5/h7-14,17,24,32H,15-16,18-20H2,1-6H3. The molecule has 2 aromatic carbocycles. The second-order valence-electron chi connectivity index (χ2n) is 9.84. The molecule has 1 atom stereocenters. The summed E-state index contributed by atoms with van der Waals surface area (Å²) in [6.45, 7) is 12.5. The van der Waals surface area contributed by atoms with Crippen molar-refractivity contribution in [1.82, 2.24) is 14.7 Å². The van der Waals surface area contributed by atoms with E-state index >= 15 is 0 Å². The highest BCUT2D eigenvalue weighted by molar-refractivity contribution is 5.43. The van der Waals surface area contributed by atoms with Gasteiger partial charge in [-0.05, 0) is 64.4 Å². The van der Waals surface area contributed by atoms with Crippen LogP contribution in [0.25, 0.3) is 5.69 Å². The summed E-state index contributed by atoms with van der Waals surface area (Å²) in [5.41, 5.74) is 3.58. The first kappa shape index (κ1) is 26.9. The fourth-order valence-electron chi connectivity index (χ4n) is 3.74. The lowest BCUT2D eigenvalue weighted by Crippen LogP contribution is -2.38. The maximum atomic E-state index is 10.7. The molecule has 35 heavy (non-hydrogen) atoms. The Hall–Kier alpha value is -2.71. The van der Waals surface area contributed by atoms with E-state index in [-0.39, 0.29) is 12.2 Å². The van der Waals surface area contributed by atoms with Crippen LogP contribution in [-0.4, -0.2) is 64.9 Å². The molecule has 0 spiro atoms. The summed E-state index contributed by atoms with van der Waals surface area (Å²) >= 11 is 0. The SMILES string of the molecule is COCCN(Cc1c(C)nn(-c2ccccc2)c1Oc1cccc(C)c1)CC(O)COC(C)(C)C. The van der Waals surface area contributed by atoms with Crippen LogP contribution in [0.3, 0.4) is 0 Å². The predicted molar refractivity (Wildman–Crippen MR) is 138 cm³/mol. The zero-order valence-electron chi connectivity index (χ0n) is 21.8. The topological polar surface area (TPSA) is 69.0 Å². The van der Waals surface area contributed by atoms with Crippen molar-refractivity contribution in [3.05, 3.63) is 71.4 Å². The Morgan fingerprint density at radius 3 is 2.46 bits per heavy atom. The predicted octanol–water partition coefficient (Wildman–Crippen LogP) is 4.91. The molecule has 0 amide bonds. The van der Waals surface area contributed by atoms with Crippen molar-refractivity contribution in [1.29, 1.82) is 0 Å². The minimum Gasteiger partial charge on any atom is -0.439 e. The first-order valence-corrected chi connectivity index (χ1v) is 12.1. The maximum Gasteiger partial charge on any atom is 0.227 e. The Bertz CT molecular complexity index is 1060. The van der Waals surface area contributed by atoms with Gasteiger partial charge in [0.1, 0.15) is 5.75 Å². The number of hydrogen-bond acceptors (Lipinski definition) is 6. The molecule has 1 unspecified atom stereocenters. The third-order valence-electron chi connectivity index (χ3n) is 5.51. The van der Waals surface area contributed by atoms with Crippen molar-refractivity contribution in [3.8, 4) is 17.3 Å². The number of aliphatic hydroxyl groups is 1. The van der Waals surface area contributed by atoms with Gasteiger partial charge in [0.15, 0.2) is 0 Å². The molecule has 3 aromatic rings. The lowest BCUT2D eigenvalue weighted by Gasteiger charge is -2.27. The van der Waals surface area contributed by atoms with Crippen molar-refractivity contribution in [2.24, 2.45) is 0 Å². The van der Waals surface area contributed by atoms with Gasteiger partial charge in [-0.25, -0.2) is 4.68 Å². The summed E-state index contributed by atoms with van der Waals surface area (Å²) in [5.74, 6) is 1.42. The number of rotatable bonds is 12. The van der Waals surface area contributed by atoms with Crippen LogP contribution < -0.4 is 4.74 Å². The number of aryl methyl sites for hydroxylation is 2. The van der Waals surface area contributed by atoms with E-state index in [0.29, 0.717) is 32.1 Å². The van der Waals surface area contributed by atoms with E-state index in [0.717, 1.165) is 28.3 Å². The number of methoxy groups -OCH3 is 1. The van der Waals surface area contributed by atoms with Gasteiger partial charge in [0.05, 0.1) is 41.9 Å². The normalized spacial score (nSPS) is 12.8. The number of nitrogens with zero attached hydrogens (tertiary/aromatic N) is 3. The van der Waals surface area contributed by atoms with Gasteiger partial charge in [-0.3, -0.25) is 4.90 Å². The van der Waals surface area contributed by atoms with Crippen LogP contribution in [0.5, 0.6) is 11.6 Å². The highest BCUT2D eigenvalue weighted by Crippen LogP contribution is 2.32. The number of ether oxygens (including phenoxy) is 3. The monoisotopic (exact) mass is 481 g/mol. The quantitative estimate of drug-likeness (QED) is 0.397. The number of para-hydroxylation sites is 1. The van der Waals surface area contributed by atoms with E-state index in [1.54, 1.807) is 7.11 Å². The largest absolute Gasteiger partial charge is 0.439 e. The Morgan fingerprint density at radius 2 is 1.80 bits per heavy atom. The zero-order chi connectivity index (χ0) is 25.4. The van der Waals surface area contributed by atoms with Gasteiger partial charge in [0, 0.05) is 26.7 Å². The first-order chi connectivity index (χ1) is 16.7. The molecule has 0 saturated carbocycles. The van der Waals surface area contributed by atoms with Crippen LogP contribution in [0.2, 0.25) is 0 Å². The molecule has 3 rings (SSSR count). The lowest BCUT2D eigenvalue weighted by atomic mass is 10.2. The van der Waals surface area contributed by atoms with Crippen molar-refractivity contribution >= 4 is 0 Å². The molecule has 1 aromatic heterocycles. The van der Waals surface area contributed by atoms with E-state index in [1.165, 1.54) is 0 Å². The molecular weight excluding hydrogens is 442 g/mol. The van der Waals surface area contributed by atoms with Gasteiger partial charge in [-0.2, -0.15) is 5.10 Å². The second-order valence-corrected chi connectivity index (χ2v) is 9.84. The molecule has 190 valence electrons. The molecule has 0 radical (unpaired) electrons. The number of hydrogen-bond donors (Lipinski definition) is 1. The molecular formula is C28H39N3O4. The molecule has 1 heterocycles. The van der Waals surface area contributed by atoms with Gasteiger partial charge in [-0.1, -0.05) is 30.3 Å². The number of aliphatic hydroxyl groups excluding tert-OH is 1. The molecule has 0 aliphatic rings. The highest BCUT2D eigenvalue weighted by atomic mass is 16.5. The molecule has 0 aliphatic carbocycles. The average Bonchev–Trinajstić information content (AvgIpc) is 3.11. The van der Waals surface area contributed by atoms with Crippen molar-refractivity contribution < 1.29 is 19.3 Å². The molecule has 0 aliphatic heterocycles. The van der Waals surface area contributed by atoms with E-state index < -0.39 is 6.10 Å². The summed E-state index contributed by atoms with van der Waals surface area (Å²) in [6, 6.07) is 18.0. The Morgan fingerprint density at radius 1 is 1.06 bits per heavy atom. The number of benzene rings is 2. The fraction of sp³-hybridized carbons (Fsp3) is 0.464. The zero-order valence-corrected chi connectivity index (χ0v) is 21.8. The van der Waals surface area contributed by atoms with Crippen LogP contribution >= 0.6 is 0 Å². The van der Waals surface area contributed by atoms with Crippen LogP contribution in [0.15, 0.2) is 54.6 Å². The van der Waals surface area contributed by atoms with Crippen LogP contribution in [-0.2, 0) is 16.0 Å². The van der Waals surface area contributed by atoms with Crippen molar-refractivity contribution in [2.45, 2.75) is 52.9 Å². The van der Waals surface area contributed by atoms with Crippen molar-refractivity contribution in [2.75, 3.05) is 33.4 Å². The smallest absolute Gasteiger partial charge is 0.227 e. The molecule has 0 saturated heterocycles. The summed E-state index contributed by atoms with van der Waals surface area (Å²) in [6.07, 6.45) is -0.628. The van der Waals surface area contributed by atoms with Crippen LogP contribution in [0, 0.1) is 13.8 Å². The summed E-state index contributed by atoms with van der Waals surface area (Å²) in [5, 5.41) is 15.5. The molecule has 0 fully saturated rings. The third kappa shape index (κ3) is 8.18. The Balaban J connectivity index is 1.92. The Kier molecular flexibility index (Phi) is 9.46. The van der Waals surface area contributed by atoms with Crippen LogP contribution in [0.4, 0.5) is 0 Å². The second kappa shape index (κ2) is 12.3. The van der Waals surface area contributed by atoms with Crippen molar-refractivity contribution in [3.63, 3.8) is 0 Å². The maximum absolute atomic E-state index is 10.7. The van der Waals surface area contributed by atoms with Gasteiger partial charge in [-0.15, -0.1) is 0 Å². The Labute approximate surface area is 209 Å². The molecule has 1 N–H and O–H groups in total. The third-order valence-corrected chi connectivity index (χ3v) is 5.51. The lowest BCUT2D eigenvalue weighted by molar-refractivity contribution is -0.0577. The first-order valence-electron chi connectivity index (χ1n) is 12.1. The summed E-state index contributed by atoms with van der Waals surface area (Å²) < 4.78 is 19.4. The molecule has 0 bridgehead atoms. The molecule has 7 heteroatoms. The van der Waals surface area contributed by atoms with Gasteiger partial charge >= 0.3 is 0 Å². The van der Waals surface area contributed by atoms with Gasteiger partial charge in [0.2, 0.25) is 5.88 Å². The number of aromatic nitrogens is 2. The average molecular weight is 482 g/mol. The molecule has 7 nitrogen and oxygen atoms in total. The van der Waals surface area contributed by atoms with Crippen LogP contribution in [0.1, 0.15) is 37.6 Å². The minimum atomic E-state index is -0.628. The van der Waals surface area contributed by atoms with E-state index in [2.05, 4.69) is 4.90 Å². The summed E-state index contributed by atoms with van der Waals surface area (Å²) in [7, 11) is 1.68. The van der Waals surface area contributed by atoms with E-state index in [4.69, 9.17) is 19.3 Å². The van der Waals surface area contributed by atoms with Gasteiger partial charge < -0.3 is 19.3 Å².